The van der Waals surface area contributed by atoms with Gasteiger partial charge in [-0.05, 0) is 18.1 Å². The highest BCUT2D eigenvalue weighted by Gasteiger charge is 2.34. The van der Waals surface area contributed by atoms with Crippen LogP contribution in [0.25, 0.3) is 0 Å². The molecule has 11 heteroatoms. The lowest BCUT2D eigenvalue weighted by atomic mass is 9.70. The van der Waals surface area contributed by atoms with Crippen molar-refractivity contribution in [2.24, 2.45) is 0 Å². The quantitative estimate of drug-likeness (QED) is 0.577. The average Bonchev–Trinajstić information content (AvgIpc) is 3.08. The second-order valence-corrected chi connectivity index (χ2v) is 6.90. The van der Waals surface area contributed by atoms with E-state index in [0.29, 0.717) is 25.1 Å². The van der Waals surface area contributed by atoms with Crippen LogP contribution in [0.1, 0.15) is 15.9 Å². The number of rotatable bonds is 6. The van der Waals surface area contributed by atoms with Gasteiger partial charge in [0.05, 0.1) is 12.3 Å². The van der Waals surface area contributed by atoms with Crippen molar-refractivity contribution in [3.63, 3.8) is 0 Å². The van der Waals surface area contributed by atoms with E-state index in [1.165, 1.54) is 6.33 Å². The Labute approximate surface area is 155 Å². The monoisotopic (exact) mass is 375 g/mol. The van der Waals surface area contributed by atoms with Gasteiger partial charge in [0.25, 0.3) is 0 Å². The smallest absolute Gasteiger partial charge is 0.430 e. The third-order valence-electron chi connectivity index (χ3n) is 4.84. The van der Waals surface area contributed by atoms with Crippen LogP contribution < -0.4 is 9.39 Å². The molecule has 3 heterocycles. The lowest BCUT2D eigenvalue weighted by molar-refractivity contribution is 0.0162. The van der Waals surface area contributed by atoms with Gasteiger partial charge in [-0.3, -0.25) is 9.58 Å². The summed E-state index contributed by atoms with van der Waals surface area (Å²) in [4.78, 5) is 17.8. The van der Waals surface area contributed by atoms with Gasteiger partial charge in [0.2, 0.25) is 0 Å². The molecule has 4 rings (SSSR count). The molecule has 1 aromatic carbocycles. The molecular weight excluding hydrogens is 355 g/mol. The molecule has 0 unspecified atom stereocenters. The predicted molar refractivity (Wildman–Crippen MR) is 93.6 cm³/mol. The summed E-state index contributed by atoms with van der Waals surface area (Å²) in [5.41, 5.74) is 0.464. The molecule has 0 radical (unpaired) electrons. The fourth-order valence-corrected chi connectivity index (χ4v) is 3.38. The van der Waals surface area contributed by atoms with E-state index in [0.717, 1.165) is 13.1 Å². The first-order chi connectivity index (χ1) is 12.9. The largest absolute Gasteiger partial charge is 0.669 e. The number of aromatic carboxylic acids is 1. The number of fused-ring (bicyclic) bond motifs is 1. The van der Waals surface area contributed by atoms with Crippen molar-refractivity contribution >= 4 is 12.7 Å². The maximum absolute atomic E-state index is 11.7. The molecule has 2 aromatic rings. The molecule has 1 saturated heterocycles. The van der Waals surface area contributed by atoms with Crippen molar-refractivity contribution < 1.29 is 29.3 Å². The third-order valence-corrected chi connectivity index (χ3v) is 4.84. The number of hydrogen-bond donors (Lipinski definition) is 3. The zero-order chi connectivity index (χ0) is 19.0. The van der Waals surface area contributed by atoms with E-state index in [4.69, 9.17) is 9.39 Å². The first-order valence-electron chi connectivity index (χ1n) is 8.81. The number of likely N-dealkylation sites (tertiary alicyclic amines) is 1. The van der Waals surface area contributed by atoms with E-state index < -0.39 is 12.7 Å². The number of benzene rings is 1. The molecule has 144 valence electrons. The van der Waals surface area contributed by atoms with Crippen molar-refractivity contribution in [3.05, 3.63) is 35.9 Å². The molecular formula is C16H20BN4O6-. The zero-order valence-corrected chi connectivity index (χ0v) is 14.6. The Morgan fingerprint density at radius 3 is 2.85 bits per heavy atom. The Hall–Kier alpha value is -2.63. The molecule has 0 bridgehead atoms. The number of ether oxygens (including phenoxy) is 1. The summed E-state index contributed by atoms with van der Waals surface area (Å²) in [5.74, 6) is -1.06. The fourth-order valence-electron chi connectivity index (χ4n) is 3.38. The Bertz CT molecular complexity index is 838. The number of nitrogens with zero attached hydrogens (tertiary/aromatic N) is 4. The van der Waals surface area contributed by atoms with Gasteiger partial charge in [0, 0.05) is 19.6 Å². The van der Waals surface area contributed by atoms with E-state index in [9.17, 15) is 19.9 Å². The van der Waals surface area contributed by atoms with Crippen molar-refractivity contribution in [2.45, 2.75) is 25.4 Å². The minimum Gasteiger partial charge on any atom is -0.669 e. The second-order valence-electron chi connectivity index (χ2n) is 6.90. The summed E-state index contributed by atoms with van der Waals surface area (Å²) in [6.45, 7) is -0.197. The lowest BCUT2D eigenvalue weighted by Crippen LogP contribution is -2.54. The minimum absolute atomic E-state index is 0.0152. The molecule has 3 N–H and O–H groups in total. The topological polar surface area (TPSA) is 130 Å². The van der Waals surface area contributed by atoms with Gasteiger partial charge in [0.1, 0.15) is 30.1 Å². The third kappa shape index (κ3) is 3.75. The molecule has 1 aromatic heterocycles. The number of carbonyl (C=O) groups is 1. The second kappa shape index (κ2) is 6.84. The van der Waals surface area contributed by atoms with Crippen molar-refractivity contribution in [1.29, 1.82) is 0 Å². The molecule has 2 aliphatic heterocycles. The normalized spacial score (nSPS) is 19.0. The van der Waals surface area contributed by atoms with Gasteiger partial charge in [-0.1, -0.05) is 12.4 Å². The summed E-state index contributed by atoms with van der Waals surface area (Å²) in [7, 11) is 0. The van der Waals surface area contributed by atoms with Gasteiger partial charge >= 0.3 is 12.7 Å². The van der Waals surface area contributed by atoms with Gasteiger partial charge < -0.3 is 24.5 Å². The highest BCUT2D eigenvalue weighted by molar-refractivity contribution is 6.59. The van der Waals surface area contributed by atoms with Gasteiger partial charge in [-0.25, -0.2) is 9.78 Å². The van der Waals surface area contributed by atoms with E-state index in [2.05, 4.69) is 15.0 Å². The fraction of sp³-hybridized carbons (Fsp3) is 0.438. The summed E-state index contributed by atoms with van der Waals surface area (Å²) in [5, 5.41) is 33.2. The summed E-state index contributed by atoms with van der Waals surface area (Å²) in [6, 6.07) is 3.32. The molecule has 2 aliphatic rings. The summed E-state index contributed by atoms with van der Waals surface area (Å²) < 4.78 is 12.8. The summed E-state index contributed by atoms with van der Waals surface area (Å²) in [6.07, 6.45) is 3.38. The highest BCUT2D eigenvalue weighted by Crippen LogP contribution is 2.38. The predicted octanol–water partition coefficient (Wildman–Crippen LogP) is -0.402. The van der Waals surface area contributed by atoms with Crippen LogP contribution in [-0.2, 0) is 13.0 Å². The molecule has 27 heavy (non-hydrogen) atoms. The zero-order valence-electron chi connectivity index (χ0n) is 14.6. The maximum Gasteiger partial charge on any atom is 0.430 e. The molecule has 0 atom stereocenters. The highest BCUT2D eigenvalue weighted by atomic mass is 16.6. The first kappa shape index (κ1) is 17.8. The van der Waals surface area contributed by atoms with Crippen LogP contribution in [0.4, 0.5) is 0 Å². The SMILES string of the molecule is O=C(O)c1c(OC2CN(CCn3cncn3)C2)ccc2c1O[B-](O)(O)CC2. The first-order valence-corrected chi connectivity index (χ1v) is 8.81. The Kier molecular flexibility index (Phi) is 4.50. The Morgan fingerprint density at radius 2 is 2.15 bits per heavy atom. The van der Waals surface area contributed by atoms with Crippen LogP contribution in [0.3, 0.4) is 0 Å². The number of aryl methyl sites for hydroxylation is 1. The number of hydrogen-bond acceptors (Lipinski definition) is 8. The minimum atomic E-state index is -3.04. The van der Waals surface area contributed by atoms with Crippen molar-refractivity contribution in [3.8, 4) is 11.5 Å². The molecule has 0 aliphatic carbocycles. The van der Waals surface area contributed by atoms with Crippen LogP contribution in [0, 0.1) is 0 Å². The van der Waals surface area contributed by atoms with Gasteiger partial charge in [-0.15, -0.1) is 0 Å². The molecule has 0 saturated carbocycles. The number of aromatic nitrogens is 3. The molecule has 0 amide bonds. The molecule has 10 nitrogen and oxygen atoms in total. The van der Waals surface area contributed by atoms with E-state index >= 15 is 0 Å². The molecule has 1 fully saturated rings. The standard InChI is InChI=1S/C16H20BN4O6/c22-16(23)14-13(2-1-11-3-4-17(24,25)27-15(11)14)26-12-7-20(8-12)5-6-21-10-18-9-19-21/h1-2,9-10,12,24-25H,3-8H2,(H,22,23)/q-1. The van der Waals surface area contributed by atoms with E-state index in [1.54, 1.807) is 23.1 Å². The van der Waals surface area contributed by atoms with Crippen LogP contribution in [0.5, 0.6) is 11.5 Å². The van der Waals surface area contributed by atoms with Gasteiger partial charge in [0.15, 0.2) is 0 Å². The van der Waals surface area contributed by atoms with Gasteiger partial charge in [-0.2, -0.15) is 5.10 Å². The van der Waals surface area contributed by atoms with Crippen molar-refractivity contribution in [1.82, 2.24) is 19.7 Å². The number of carboxylic acids is 1. The summed E-state index contributed by atoms with van der Waals surface area (Å²) >= 11 is 0. The van der Waals surface area contributed by atoms with E-state index in [-0.39, 0.29) is 29.5 Å². The Morgan fingerprint density at radius 1 is 1.33 bits per heavy atom. The van der Waals surface area contributed by atoms with Crippen LogP contribution in [0.2, 0.25) is 6.32 Å². The van der Waals surface area contributed by atoms with E-state index in [1.807, 2.05) is 0 Å². The maximum atomic E-state index is 11.7. The van der Waals surface area contributed by atoms with Crippen LogP contribution >= 0.6 is 0 Å². The van der Waals surface area contributed by atoms with Crippen molar-refractivity contribution in [2.75, 3.05) is 19.6 Å². The van der Waals surface area contributed by atoms with Crippen LogP contribution in [-0.4, -0.2) is 73.3 Å². The average molecular weight is 375 g/mol. The number of carboxylic acid groups (broad SMARTS) is 1. The van der Waals surface area contributed by atoms with Crippen LogP contribution in [0.15, 0.2) is 24.8 Å². The molecule has 0 spiro atoms. The Balaban J connectivity index is 1.42. The lowest BCUT2D eigenvalue weighted by Gasteiger charge is -2.40.